The molecule has 1 amide bonds. The number of hydrogen-bond donors (Lipinski definition) is 2. The maximum Gasteiger partial charge on any atom is 0.274 e. The number of amides is 1. The highest BCUT2D eigenvalue weighted by atomic mass is 35.5. The lowest BCUT2D eigenvalue weighted by molar-refractivity contribution is 0.102. The van der Waals surface area contributed by atoms with E-state index in [0.717, 1.165) is 16.9 Å². The molecule has 3 aromatic rings. The number of nitrogens with one attached hydrogen (secondary N) is 2. The van der Waals surface area contributed by atoms with E-state index in [9.17, 15) is 4.79 Å². The van der Waals surface area contributed by atoms with Gasteiger partial charge >= 0.3 is 0 Å². The van der Waals surface area contributed by atoms with Gasteiger partial charge in [0, 0.05) is 28.7 Å². The molecule has 0 saturated carbocycles. The van der Waals surface area contributed by atoms with E-state index in [2.05, 4.69) is 15.6 Å². The number of hydrogen-bond acceptors (Lipinski definition) is 4. The van der Waals surface area contributed by atoms with Crippen molar-refractivity contribution in [3.05, 3.63) is 77.1 Å². The van der Waals surface area contributed by atoms with Crippen LogP contribution < -0.4 is 15.4 Å². The largest absolute Gasteiger partial charge is 0.495 e. The lowest BCUT2D eigenvalue weighted by Gasteiger charge is -2.13. The van der Waals surface area contributed by atoms with Crippen LogP contribution in [0.2, 0.25) is 5.02 Å². The first-order valence-electron chi connectivity index (χ1n) is 8.00. The Morgan fingerprint density at radius 2 is 1.85 bits per heavy atom. The van der Waals surface area contributed by atoms with Crippen LogP contribution in [0, 0.1) is 6.92 Å². The van der Waals surface area contributed by atoms with Crippen molar-refractivity contribution in [1.29, 1.82) is 0 Å². The first kappa shape index (κ1) is 17.8. The zero-order chi connectivity index (χ0) is 18.5. The second-order valence-corrected chi connectivity index (χ2v) is 6.08. The summed E-state index contributed by atoms with van der Waals surface area (Å²) in [5.74, 6) is 0.340. The van der Waals surface area contributed by atoms with Gasteiger partial charge in [-0.1, -0.05) is 29.8 Å². The fourth-order valence-electron chi connectivity index (χ4n) is 2.43. The standard InChI is InChI=1S/C20H18ClN3O2/c1-13-10-17(19(26-2)12-16(13)21)23-15-8-9-22-18(11-15)20(25)24-14-6-4-3-5-7-14/h3-12H,1-2H3,(H,22,23)(H,24,25). The molecule has 0 unspecified atom stereocenters. The van der Waals surface area contributed by atoms with Crippen LogP contribution in [0.15, 0.2) is 60.8 Å². The molecule has 3 rings (SSSR count). The highest BCUT2D eigenvalue weighted by Crippen LogP contribution is 2.33. The van der Waals surface area contributed by atoms with E-state index in [1.807, 2.05) is 43.3 Å². The molecule has 0 saturated heterocycles. The Kier molecular flexibility index (Phi) is 5.39. The summed E-state index contributed by atoms with van der Waals surface area (Å²) in [4.78, 5) is 16.5. The summed E-state index contributed by atoms with van der Waals surface area (Å²) >= 11 is 6.14. The number of carbonyl (C=O) groups is 1. The van der Waals surface area contributed by atoms with Crippen LogP contribution in [0.3, 0.4) is 0 Å². The molecule has 5 nitrogen and oxygen atoms in total. The number of benzene rings is 2. The number of carbonyl (C=O) groups excluding carboxylic acids is 1. The van der Waals surface area contributed by atoms with Gasteiger partial charge in [-0.3, -0.25) is 9.78 Å². The topological polar surface area (TPSA) is 63.2 Å². The Bertz CT molecular complexity index is 930. The number of nitrogens with zero attached hydrogens (tertiary/aromatic N) is 1. The van der Waals surface area contributed by atoms with E-state index in [4.69, 9.17) is 16.3 Å². The molecule has 0 aliphatic heterocycles. The van der Waals surface area contributed by atoms with Crippen molar-refractivity contribution in [2.45, 2.75) is 6.92 Å². The van der Waals surface area contributed by atoms with Crippen LogP contribution >= 0.6 is 11.6 Å². The maximum atomic E-state index is 12.4. The maximum absolute atomic E-state index is 12.4. The van der Waals surface area contributed by atoms with Gasteiger partial charge in [-0.25, -0.2) is 0 Å². The van der Waals surface area contributed by atoms with E-state index in [1.165, 1.54) is 0 Å². The zero-order valence-electron chi connectivity index (χ0n) is 14.4. The number of aryl methyl sites for hydroxylation is 1. The summed E-state index contributed by atoms with van der Waals surface area (Å²) in [5, 5.41) is 6.69. The summed E-state index contributed by atoms with van der Waals surface area (Å²) in [7, 11) is 1.58. The first-order valence-corrected chi connectivity index (χ1v) is 8.38. The predicted molar refractivity (Wildman–Crippen MR) is 105 cm³/mol. The molecule has 132 valence electrons. The number of para-hydroxylation sites is 1. The van der Waals surface area contributed by atoms with E-state index >= 15 is 0 Å². The predicted octanol–water partition coefficient (Wildman–Crippen LogP) is 5.05. The normalized spacial score (nSPS) is 10.3. The summed E-state index contributed by atoms with van der Waals surface area (Å²) in [5.41, 5.74) is 3.43. The van der Waals surface area contributed by atoms with E-state index < -0.39 is 0 Å². The van der Waals surface area contributed by atoms with Crippen LogP contribution in [-0.4, -0.2) is 18.0 Å². The van der Waals surface area contributed by atoms with Crippen molar-refractivity contribution in [3.8, 4) is 5.75 Å². The highest BCUT2D eigenvalue weighted by Gasteiger charge is 2.11. The number of aromatic nitrogens is 1. The van der Waals surface area contributed by atoms with Crippen molar-refractivity contribution < 1.29 is 9.53 Å². The zero-order valence-corrected chi connectivity index (χ0v) is 15.2. The monoisotopic (exact) mass is 367 g/mol. The van der Waals surface area contributed by atoms with Crippen molar-refractivity contribution in [1.82, 2.24) is 4.98 Å². The van der Waals surface area contributed by atoms with Gasteiger partial charge in [-0.15, -0.1) is 0 Å². The summed E-state index contributed by atoms with van der Waals surface area (Å²) in [6, 6.07) is 16.4. The van der Waals surface area contributed by atoms with Crippen LogP contribution in [-0.2, 0) is 0 Å². The Morgan fingerprint density at radius 1 is 1.08 bits per heavy atom. The minimum Gasteiger partial charge on any atom is -0.495 e. The Morgan fingerprint density at radius 3 is 2.58 bits per heavy atom. The average Bonchev–Trinajstić information content (AvgIpc) is 2.65. The fourth-order valence-corrected chi connectivity index (χ4v) is 2.59. The Labute approximate surface area is 157 Å². The molecule has 26 heavy (non-hydrogen) atoms. The third-order valence-electron chi connectivity index (χ3n) is 3.78. The molecule has 1 heterocycles. The van der Waals surface area contributed by atoms with Crippen LogP contribution in [0.5, 0.6) is 5.75 Å². The molecular formula is C20H18ClN3O2. The Hall–Kier alpha value is -3.05. The SMILES string of the molecule is COc1cc(Cl)c(C)cc1Nc1ccnc(C(=O)Nc2ccccc2)c1. The summed E-state index contributed by atoms with van der Waals surface area (Å²) < 4.78 is 5.37. The number of ether oxygens (including phenoxy) is 1. The fraction of sp³-hybridized carbons (Fsp3) is 0.100. The second kappa shape index (κ2) is 7.89. The first-order chi connectivity index (χ1) is 12.6. The van der Waals surface area contributed by atoms with Crippen LogP contribution in [0.4, 0.5) is 17.1 Å². The minimum absolute atomic E-state index is 0.279. The van der Waals surface area contributed by atoms with Gasteiger partial charge in [0.2, 0.25) is 0 Å². The molecule has 2 N–H and O–H groups in total. The van der Waals surface area contributed by atoms with Crippen LogP contribution in [0.25, 0.3) is 0 Å². The van der Waals surface area contributed by atoms with Gasteiger partial charge in [0.15, 0.2) is 0 Å². The third-order valence-corrected chi connectivity index (χ3v) is 4.19. The lowest BCUT2D eigenvalue weighted by Crippen LogP contribution is -2.13. The van der Waals surface area contributed by atoms with Crippen molar-refractivity contribution in [2.24, 2.45) is 0 Å². The van der Waals surface area contributed by atoms with Crippen molar-refractivity contribution in [2.75, 3.05) is 17.7 Å². The number of anilines is 3. The number of methoxy groups -OCH3 is 1. The summed E-state index contributed by atoms with van der Waals surface area (Å²) in [6.07, 6.45) is 1.58. The van der Waals surface area contributed by atoms with E-state index in [-0.39, 0.29) is 5.91 Å². The highest BCUT2D eigenvalue weighted by molar-refractivity contribution is 6.31. The van der Waals surface area contributed by atoms with Gasteiger partial charge in [0.1, 0.15) is 11.4 Å². The van der Waals surface area contributed by atoms with Crippen molar-refractivity contribution >= 4 is 34.6 Å². The number of pyridine rings is 1. The molecule has 0 bridgehead atoms. The molecule has 0 spiro atoms. The third kappa shape index (κ3) is 4.13. The van der Waals surface area contributed by atoms with Gasteiger partial charge < -0.3 is 15.4 Å². The minimum atomic E-state index is -0.279. The number of halogens is 1. The molecule has 1 aromatic heterocycles. The average molecular weight is 368 g/mol. The number of rotatable bonds is 5. The lowest BCUT2D eigenvalue weighted by atomic mass is 10.2. The molecule has 0 aliphatic carbocycles. The molecule has 0 atom stereocenters. The van der Waals surface area contributed by atoms with Gasteiger partial charge in [-0.2, -0.15) is 0 Å². The quantitative estimate of drug-likeness (QED) is 0.662. The molecule has 0 radical (unpaired) electrons. The van der Waals surface area contributed by atoms with E-state index in [1.54, 1.807) is 31.5 Å². The van der Waals surface area contributed by atoms with Gasteiger partial charge in [0.25, 0.3) is 5.91 Å². The molecule has 0 fully saturated rings. The second-order valence-electron chi connectivity index (χ2n) is 5.68. The van der Waals surface area contributed by atoms with E-state index in [0.29, 0.717) is 22.2 Å². The molecule has 2 aromatic carbocycles. The van der Waals surface area contributed by atoms with Crippen molar-refractivity contribution in [3.63, 3.8) is 0 Å². The molecular weight excluding hydrogens is 350 g/mol. The van der Waals surface area contributed by atoms with Gasteiger partial charge in [0.05, 0.1) is 12.8 Å². The Balaban J connectivity index is 1.82. The van der Waals surface area contributed by atoms with Gasteiger partial charge in [-0.05, 0) is 42.8 Å². The summed E-state index contributed by atoms with van der Waals surface area (Å²) in [6.45, 7) is 1.91. The smallest absolute Gasteiger partial charge is 0.274 e. The molecule has 0 aliphatic rings. The molecule has 6 heteroatoms. The van der Waals surface area contributed by atoms with Crippen LogP contribution in [0.1, 0.15) is 16.1 Å².